The zero-order chi connectivity index (χ0) is 16.5. The Kier molecular flexibility index (Phi) is 7.02. The lowest BCUT2D eigenvalue weighted by Gasteiger charge is -2.17. The number of aryl methyl sites for hydroxylation is 1. The maximum absolute atomic E-state index is 12.4. The number of carbonyl (C=O) groups is 1. The van der Waals surface area contributed by atoms with Crippen molar-refractivity contribution in [3.8, 4) is 0 Å². The molecule has 0 aromatic heterocycles. The van der Waals surface area contributed by atoms with Crippen molar-refractivity contribution in [3.63, 3.8) is 0 Å². The molecule has 23 heavy (non-hydrogen) atoms. The Morgan fingerprint density at radius 1 is 1.00 bits per heavy atom. The summed E-state index contributed by atoms with van der Waals surface area (Å²) in [5, 5.41) is 9.58. The molecule has 0 aliphatic heterocycles. The number of rotatable bonds is 9. The van der Waals surface area contributed by atoms with Crippen molar-refractivity contribution in [2.24, 2.45) is 5.92 Å². The summed E-state index contributed by atoms with van der Waals surface area (Å²) in [5.74, 6) is 0.220. The van der Waals surface area contributed by atoms with Crippen molar-refractivity contribution in [2.45, 2.75) is 38.5 Å². The smallest absolute Gasteiger partial charge is 0.136 e. The van der Waals surface area contributed by atoms with E-state index in [1.807, 2.05) is 43.3 Å². The summed E-state index contributed by atoms with van der Waals surface area (Å²) < 4.78 is 0. The molecule has 2 nitrogen and oxygen atoms in total. The molecule has 0 radical (unpaired) electrons. The summed E-state index contributed by atoms with van der Waals surface area (Å²) in [6.07, 6.45) is 3.36. The van der Waals surface area contributed by atoms with Crippen LogP contribution in [0.25, 0.3) is 0 Å². The Morgan fingerprint density at radius 2 is 1.61 bits per heavy atom. The molecule has 0 bridgehead atoms. The standard InChI is InChI=1S/C21H26O2/c1-17(9-8-12-18-10-4-2-5-11-18)21(23)15-20(16-22)19-13-6-3-7-14-19/h2-7,10-11,13-14,17,20,22H,8-9,12,15-16H2,1H3/t17-,20+/m1/s1. The molecule has 2 atom stereocenters. The number of hydrogen-bond donors (Lipinski definition) is 1. The van der Waals surface area contributed by atoms with E-state index in [0.29, 0.717) is 6.42 Å². The Morgan fingerprint density at radius 3 is 2.22 bits per heavy atom. The third-order valence-corrected chi connectivity index (χ3v) is 4.43. The number of ketones is 1. The van der Waals surface area contributed by atoms with Gasteiger partial charge in [0.1, 0.15) is 5.78 Å². The van der Waals surface area contributed by atoms with Gasteiger partial charge in [0.15, 0.2) is 0 Å². The van der Waals surface area contributed by atoms with E-state index in [1.54, 1.807) is 0 Å². The van der Waals surface area contributed by atoms with Gasteiger partial charge in [-0.3, -0.25) is 4.79 Å². The van der Waals surface area contributed by atoms with E-state index in [-0.39, 0.29) is 24.2 Å². The van der Waals surface area contributed by atoms with Gasteiger partial charge in [-0.05, 0) is 30.4 Å². The lowest BCUT2D eigenvalue weighted by Crippen LogP contribution is -2.17. The van der Waals surface area contributed by atoms with Gasteiger partial charge in [0.25, 0.3) is 0 Å². The van der Waals surface area contributed by atoms with Gasteiger partial charge in [-0.1, -0.05) is 67.6 Å². The highest BCUT2D eigenvalue weighted by atomic mass is 16.3. The first-order valence-corrected chi connectivity index (χ1v) is 8.43. The highest BCUT2D eigenvalue weighted by Gasteiger charge is 2.19. The molecule has 122 valence electrons. The maximum atomic E-state index is 12.4. The van der Waals surface area contributed by atoms with Crippen LogP contribution in [0.1, 0.15) is 43.2 Å². The molecule has 0 unspecified atom stereocenters. The second-order valence-corrected chi connectivity index (χ2v) is 6.24. The second-order valence-electron chi connectivity index (χ2n) is 6.24. The summed E-state index contributed by atoms with van der Waals surface area (Å²) in [5.41, 5.74) is 2.37. The molecule has 2 rings (SSSR count). The molecule has 2 aromatic rings. The van der Waals surface area contributed by atoms with E-state index in [2.05, 4.69) is 24.3 Å². The Labute approximate surface area is 139 Å². The lowest BCUT2D eigenvalue weighted by molar-refractivity contribution is -0.123. The first-order chi connectivity index (χ1) is 11.2. The number of Topliss-reactive ketones (excluding diaryl/α,β-unsaturated/α-hetero) is 1. The van der Waals surface area contributed by atoms with Crippen molar-refractivity contribution < 1.29 is 9.90 Å². The topological polar surface area (TPSA) is 37.3 Å². The van der Waals surface area contributed by atoms with Crippen molar-refractivity contribution in [1.29, 1.82) is 0 Å². The number of carbonyl (C=O) groups excluding carboxylic acids is 1. The van der Waals surface area contributed by atoms with E-state index in [9.17, 15) is 9.90 Å². The third kappa shape index (κ3) is 5.65. The fraction of sp³-hybridized carbons (Fsp3) is 0.381. The SMILES string of the molecule is C[C@H](CCCc1ccccc1)C(=O)C[C@@H](CO)c1ccccc1. The van der Waals surface area contributed by atoms with Gasteiger partial charge in [-0.2, -0.15) is 0 Å². The van der Waals surface area contributed by atoms with Crippen LogP contribution in [0.4, 0.5) is 0 Å². The molecule has 2 heteroatoms. The van der Waals surface area contributed by atoms with Gasteiger partial charge in [0.05, 0.1) is 6.61 Å². The van der Waals surface area contributed by atoms with Crippen LogP contribution in [0.3, 0.4) is 0 Å². The van der Waals surface area contributed by atoms with Gasteiger partial charge in [-0.15, -0.1) is 0 Å². The van der Waals surface area contributed by atoms with Crippen LogP contribution in [0.5, 0.6) is 0 Å². The van der Waals surface area contributed by atoms with Crippen LogP contribution in [-0.2, 0) is 11.2 Å². The monoisotopic (exact) mass is 310 g/mol. The molecule has 0 fully saturated rings. The normalized spacial score (nSPS) is 13.5. The van der Waals surface area contributed by atoms with Gasteiger partial charge in [-0.25, -0.2) is 0 Å². The van der Waals surface area contributed by atoms with Crippen LogP contribution >= 0.6 is 0 Å². The van der Waals surface area contributed by atoms with Crippen molar-refractivity contribution >= 4 is 5.78 Å². The minimum Gasteiger partial charge on any atom is -0.396 e. The van der Waals surface area contributed by atoms with E-state index < -0.39 is 0 Å². The van der Waals surface area contributed by atoms with E-state index >= 15 is 0 Å². The molecule has 2 aromatic carbocycles. The van der Waals surface area contributed by atoms with Crippen LogP contribution < -0.4 is 0 Å². The molecular weight excluding hydrogens is 284 g/mol. The summed E-state index contributed by atoms with van der Waals surface area (Å²) in [7, 11) is 0. The average molecular weight is 310 g/mol. The fourth-order valence-electron chi connectivity index (χ4n) is 2.88. The van der Waals surface area contributed by atoms with Gasteiger partial charge in [0, 0.05) is 18.3 Å². The number of benzene rings is 2. The zero-order valence-corrected chi connectivity index (χ0v) is 13.8. The quantitative estimate of drug-likeness (QED) is 0.746. The average Bonchev–Trinajstić information content (AvgIpc) is 2.61. The Balaban J connectivity index is 1.80. The molecule has 0 amide bonds. The summed E-state index contributed by atoms with van der Waals surface area (Å²) in [6.45, 7) is 2.03. The Hall–Kier alpha value is -1.93. The number of aliphatic hydroxyl groups is 1. The molecule has 0 heterocycles. The molecule has 0 spiro atoms. The van der Waals surface area contributed by atoms with Crippen LogP contribution in [0.15, 0.2) is 60.7 Å². The van der Waals surface area contributed by atoms with Crippen LogP contribution in [0.2, 0.25) is 0 Å². The maximum Gasteiger partial charge on any atom is 0.136 e. The van der Waals surface area contributed by atoms with Crippen molar-refractivity contribution in [1.82, 2.24) is 0 Å². The van der Waals surface area contributed by atoms with E-state index in [0.717, 1.165) is 24.8 Å². The van der Waals surface area contributed by atoms with Gasteiger partial charge in [0.2, 0.25) is 0 Å². The predicted molar refractivity (Wildman–Crippen MR) is 94.4 cm³/mol. The first kappa shape index (κ1) is 17.4. The molecule has 1 N–H and O–H groups in total. The highest BCUT2D eigenvalue weighted by Crippen LogP contribution is 2.22. The van der Waals surface area contributed by atoms with Crippen molar-refractivity contribution in [2.75, 3.05) is 6.61 Å². The second kappa shape index (κ2) is 9.26. The van der Waals surface area contributed by atoms with Crippen LogP contribution in [-0.4, -0.2) is 17.5 Å². The molecule has 0 saturated heterocycles. The lowest BCUT2D eigenvalue weighted by atomic mass is 9.88. The molecular formula is C21H26O2. The number of aliphatic hydroxyl groups excluding tert-OH is 1. The predicted octanol–water partition coefficient (Wildman–Crippen LogP) is 4.38. The fourth-order valence-corrected chi connectivity index (χ4v) is 2.88. The van der Waals surface area contributed by atoms with Crippen molar-refractivity contribution in [3.05, 3.63) is 71.8 Å². The van der Waals surface area contributed by atoms with Crippen LogP contribution in [0, 0.1) is 5.92 Å². The highest BCUT2D eigenvalue weighted by molar-refractivity contribution is 5.81. The summed E-state index contributed by atoms with van der Waals surface area (Å²) >= 11 is 0. The Bertz CT molecular complexity index is 577. The molecule has 0 aliphatic rings. The largest absolute Gasteiger partial charge is 0.396 e. The molecule has 0 aliphatic carbocycles. The summed E-state index contributed by atoms with van der Waals surface area (Å²) in [6, 6.07) is 20.2. The third-order valence-electron chi connectivity index (χ3n) is 4.43. The van der Waals surface area contributed by atoms with Gasteiger partial charge < -0.3 is 5.11 Å². The minimum absolute atomic E-state index is 0.0203. The first-order valence-electron chi connectivity index (χ1n) is 8.43. The number of hydrogen-bond acceptors (Lipinski definition) is 2. The van der Waals surface area contributed by atoms with E-state index in [1.165, 1.54) is 5.56 Å². The molecule has 0 saturated carbocycles. The zero-order valence-electron chi connectivity index (χ0n) is 13.8. The minimum atomic E-state index is -0.0831. The van der Waals surface area contributed by atoms with E-state index in [4.69, 9.17) is 0 Å². The summed E-state index contributed by atoms with van der Waals surface area (Å²) in [4.78, 5) is 12.4. The van der Waals surface area contributed by atoms with Gasteiger partial charge >= 0.3 is 0 Å².